The number of aryl methyl sites for hydroxylation is 1. The maximum absolute atomic E-state index is 11.6. The van der Waals surface area contributed by atoms with E-state index in [9.17, 15) is 4.79 Å². The number of rotatable bonds is 4. The molecule has 9 nitrogen and oxygen atoms in total. The third kappa shape index (κ3) is 2.96. The van der Waals surface area contributed by atoms with Gasteiger partial charge in [-0.2, -0.15) is 4.98 Å². The van der Waals surface area contributed by atoms with Crippen molar-refractivity contribution in [2.75, 3.05) is 4.90 Å². The number of hydrogen-bond acceptors (Lipinski definition) is 7. The molecule has 9 heteroatoms. The minimum absolute atomic E-state index is 0.0777. The molecular weight excluding hydrogens is 394 g/mol. The number of anilines is 1. The lowest BCUT2D eigenvalue weighted by molar-refractivity contribution is 0.412. The molecule has 0 spiro atoms. The third-order valence-corrected chi connectivity index (χ3v) is 6.26. The molecule has 1 saturated heterocycles. The minimum atomic E-state index is -0.408. The highest BCUT2D eigenvalue weighted by Gasteiger charge is 2.54. The first kappa shape index (κ1) is 18.1. The summed E-state index contributed by atoms with van der Waals surface area (Å²) in [6.45, 7) is 2.06. The van der Waals surface area contributed by atoms with E-state index in [0.717, 1.165) is 35.8 Å². The maximum Gasteiger partial charge on any atom is 0.345 e. The maximum atomic E-state index is 11.6. The fraction of sp³-hybridized carbons (Fsp3) is 0.318. The van der Waals surface area contributed by atoms with Crippen LogP contribution >= 0.6 is 0 Å². The van der Waals surface area contributed by atoms with Gasteiger partial charge in [-0.3, -0.25) is 4.57 Å². The normalized spacial score (nSPS) is 22.0. The summed E-state index contributed by atoms with van der Waals surface area (Å²) < 4.78 is 7.60. The van der Waals surface area contributed by atoms with Crippen LogP contribution in [0.4, 0.5) is 5.95 Å². The molecule has 1 aliphatic heterocycles. The van der Waals surface area contributed by atoms with Gasteiger partial charge in [-0.05, 0) is 37.8 Å². The van der Waals surface area contributed by atoms with Crippen molar-refractivity contribution in [3.05, 3.63) is 64.3 Å². The Hall–Kier alpha value is -3.75. The van der Waals surface area contributed by atoms with Gasteiger partial charge in [-0.25, -0.2) is 4.79 Å². The molecule has 1 saturated carbocycles. The summed E-state index contributed by atoms with van der Waals surface area (Å²) in [6.07, 6.45) is 3.72. The molecule has 1 aromatic carbocycles. The van der Waals surface area contributed by atoms with Crippen LogP contribution in [0.25, 0.3) is 22.8 Å². The Bertz CT molecular complexity index is 1340. The number of piperidine rings is 1. The first-order valence-corrected chi connectivity index (χ1v) is 10.4. The number of hydrogen-bond donors (Lipinski definition) is 1. The molecule has 31 heavy (non-hydrogen) atoms. The van der Waals surface area contributed by atoms with Gasteiger partial charge in [0.05, 0.1) is 6.04 Å². The molecule has 0 amide bonds. The lowest BCUT2D eigenvalue weighted by atomic mass is 10.1. The summed E-state index contributed by atoms with van der Waals surface area (Å²) in [6, 6.07) is 12.5. The molecular formula is C22H21N7O2. The summed E-state index contributed by atoms with van der Waals surface area (Å²) in [5.41, 5.74) is 3.20. The Labute approximate surface area is 177 Å². The number of benzene rings is 1. The summed E-state index contributed by atoms with van der Waals surface area (Å²) in [7, 11) is 1.90. The fourth-order valence-corrected chi connectivity index (χ4v) is 4.65. The van der Waals surface area contributed by atoms with Crippen LogP contribution in [0.15, 0.2) is 51.9 Å². The number of H-pyrrole nitrogens is 1. The Morgan fingerprint density at radius 1 is 1.16 bits per heavy atom. The summed E-state index contributed by atoms with van der Waals surface area (Å²) >= 11 is 0. The van der Waals surface area contributed by atoms with Gasteiger partial charge in [0.2, 0.25) is 5.95 Å². The second kappa shape index (κ2) is 6.63. The topological polar surface area (TPSA) is 106 Å². The zero-order valence-corrected chi connectivity index (χ0v) is 17.2. The van der Waals surface area contributed by atoms with Gasteiger partial charge in [0.25, 0.3) is 0 Å². The van der Waals surface area contributed by atoms with Gasteiger partial charge in [-0.1, -0.05) is 28.9 Å². The largest absolute Gasteiger partial charge is 0.356 e. The van der Waals surface area contributed by atoms with Crippen LogP contribution in [0, 0.1) is 12.8 Å². The van der Waals surface area contributed by atoms with Crippen molar-refractivity contribution in [1.29, 1.82) is 0 Å². The van der Waals surface area contributed by atoms with Gasteiger partial charge in [0.1, 0.15) is 11.4 Å². The van der Waals surface area contributed by atoms with Gasteiger partial charge < -0.3 is 14.4 Å². The van der Waals surface area contributed by atoms with E-state index in [-0.39, 0.29) is 6.04 Å². The highest BCUT2D eigenvalue weighted by molar-refractivity contribution is 5.59. The zero-order chi connectivity index (χ0) is 21.1. The molecule has 0 bridgehead atoms. The van der Waals surface area contributed by atoms with Crippen LogP contribution in [0.5, 0.6) is 0 Å². The average Bonchev–Trinajstić information content (AvgIpc) is 3.09. The summed E-state index contributed by atoms with van der Waals surface area (Å²) in [5, 5.41) is 13.2. The van der Waals surface area contributed by atoms with E-state index in [2.05, 4.69) is 49.3 Å². The van der Waals surface area contributed by atoms with Gasteiger partial charge in [0.15, 0.2) is 11.6 Å². The molecule has 0 radical (unpaired) electrons. The van der Waals surface area contributed by atoms with Crippen molar-refractivity contribution in [2.45, 2.75) is 31.8 Å². The van der Waals surface area contributed by atoms with Gasteiger partial charge >= 0.3 is 5.69 Å². The molecule has 2 aliphatic rings. The predicted molar refractivity (Wildman–Crippen MR) is 113 cm³/mol. The summed E-state index contributed by atoms with van der Waals surface area (Å²) in [4.78, 5) is 20.5. The fourth-order valence-electron chi connectivity index (χ4n) is 4.65. The van der Waals surface area contributed by atoms with Crippen LogP contribution in [0.2, 0.25) is 0 Å². The number of nitrogens with one attached hydrogen (secondary N) is 1. The Morgan fingerprint density at radius 3 is 2.90 bits per heavy atom. The number of aromatic nitrogens is 6. The van der Waals surface area contributed by atoms with Crippen molar-refractivity contribution < 1.29 is 4.52 Å². The quantitative estimate of drug-likeness (QED) is 0.546. The first-order chi connectivity index (χ1) is 15.1. The van der Waals surface area contributed by atoms with E-state index in [1.807, 2.05) is 29.8 Å². The predicted octanol–water partition coefficient (Wildman–Crippen LogP) is 2.87. The Kier molecular flexibility index (Phi) is 3.86. The smallest absolute Gasteiger partial charge is 0.345 e. The minimum Gasteiger partial charge on any atom is -0.356 e. The molecule has 4 heterocycles. The van der Waals surface area contributed by atoms with Crippen molar-refractivity contribution in [1.82, 2.24) is 29.9 Å². The molecule has 4 aromatic rings. The van der Waals surface area contributed by atoms with Crippen molar-refractivity contribution >= 4 is 5.95 Å². The average molecular weight is 415 g/mol. The highest BCUT2D eigenvalue weighted by atomic mass is 16.5. The monoisotopic (exact) mass is 415 g/mol. The van der Waals surface area contributed by atoms with Gasteiger partial charge in [-0.15, -0.1) is 10.2 Å². The van der Waals surface area contributed by atoms with Crippen LogP contribution in [0.3, 0.4) is 0 Å². The summed E-state index contributed by atoms with van der Waals surface area (Å²) in [5.74, 6) is 2.71. The van der Waals surface area contributed by atoms with E-state index in [0.29, 0.717) is 23.5 Å². The van der Waals surface area contributed by atoms with E-state index in [1.54, 1.807) is 12.3 Å². The van der Waals surface area contributed by atoms with E-state index >= 15 is 0 Å². The lowest BCUT2D eigenvalue weighted by Crippen LogP contribution is -2.29. The van der Waals surface area contributed by atoms with Crippen molar-refractivity contribution in [3.63, 3.8) is 0 Å². The molecule has 1 aliphatic carbocycles. The number of fused-ring (bicyclic) bond motifs is 1. The second-order valence-corrected chi connectivity index (χ2v) is 8.37. The zero-order valence-electron chi connectivity index (χ0n) is 17.2. The van der Waals surface area contributed by atoms with Gasteiger partial charge in [0, 0.05) is 30.9 Å². The first-order valence-electron chi connectivity index (χ1n) is 10.4. The molecule has 3 atom stereocenters. The second-order valence-electron chi connectivity index (χ2n) is 8.37. The molecule has 0 unspecified atom stereocenters. The SMILES string of the molecule is Cc1cccc(-c2cc([C@H]3C[C@H]4C[C@H]4N3c3nnc(-c4cc[nH]c(=O)n4)n3C)no2)c1. The van der Waals surface area contributed by atoms with Crippen molar-refractivity contribution in [3.8, 4) is 22.8 Å². The van der Waals surface area contributed by atoms with E-state index < -0.39 is 5.69 Å². The van der Waals surface area contributed by atoms with E-state index in [4.69, 9.17) is 4.52 Å². The van der Waals surface area contributed by atoms with E-state index in [1.165, 1.54) is 5.56 Å². The lowest BCUT2D eigenvalue weighted by Gasteiger charge is -2.26. The molecule has 1 N–H and O–H groups in total. The molecule has 6 rings (SSSR count). The molecule has 156 valence electrons. The third-order valence-electron chi connectivity index (χ3n) is 6.26. The Morgan fingerprint density at radius 2 is 2.06 bits per heavy atom. The molecule has 2 fully saturated rings. The van der Waals surface area contributed by atoms with Crippen LogP contribution in [-0.2, 0) is 7.05 Å². The number of nitrogens with zero attached hydrogens (tertiary/aromatic N) is 6. The molecule has 3 aromatic heterocycles. The standard InChI is InChI=1S/C22H21N7O2/c1-12-4-3-5-13(8-12)19-11-16(27-31-19)18-10-14-9-17(14)29(18)22-26-25-20(28(22)2)15-6-7-23-21(30)24-15/h3-8,11,14,17-18H,9-10H2,1-2H3,(H,23,24,30)/t14-,17-,18-/m1/s1. The van der Waals surface area contributed by atoms with Crippen LogP contribution in [0.1, 0.15) is 30.1 Å². The van der Waals surface area contributed by atoms with Crippen LogP contribution < -0.4 is 10.6 Å². The number of aromatic amines is 1. The van der Waals surface area contributed by atoms with Crippen molar-refractivity contribution in [2.24, 2.45) is 13.0 Å². The highest BCUT2D eigenvalue weighted by Crippen LogP contribution is 2.54. The Balaban J connectivity index is 1.35. The van der Waals surface area contributed by atoms with Crippen LogP contribution in [-0.4, -0.2) is 35.9 Å².